The zero-order valence-corrected chi connectivity index (χ0v) is 5.05. The van der Waals surface area contributed by atoms with Gasteiger partial charge in [-0.2, -0.15) is 0 Å². The van der Waals surface area contributed by atoms with Crippen molar-refractivity contribution in [1.82, 2.24) is 0 Å². The van der Waals surface area contributed by atoms with Crippen molar-refractivity contribution in [2.75, 3.05) is 13.2 Å². The molecule has 0 unspecified atom stereocenters. The Morgan fingerprint density at radius 2 is 1.00 bits per heavy atom. The van der Waals surface area contributed by atoms with Crippen molar-refractivity contribution in [2.45, 2.75) is 0 Å². The second kappa shape index (κ2) is 32.2. The SMILES string of the molecule is OCCO.OO.[V]. The van der Waals surface area contributed by atoms with Crippen LogP contribution in [-0.4, -0.2) is 33.9 Å². The van der Waals surface area contributed by atoms with E-state index in [1.807, 2.05) is 0 Å². The molecule has 0 aliphatic heterocycles. The summed E-state index contributed by atoms with van der Waals surface area (Å²) in [6.45, 7) is -0.250. The molecule has 5 heteroatoms. The van der Waals surface area contributed by atoms with E-state index in [0.717, 1.165) is 0 Å². The van der Waals surface area contributed by atoms with Crippen LogP contribution in [0.4, 0.5) is 0 Å². The van der Waals surface area contributed by atoms with Crippen LogP contribution in [0.3, 0.4) is 0 Å². The molecule has 0 fully saturated rings. The average Bonchev–Trinajstić information content (AvgIpc) is 1.72. The number of aliphatic hydroxyl groups is 2. The molecule has 0 saturated carbocycles. The minimum absolute atomic E-state index is 0. The van der Waals surface area contributed by atoms with Gasteiger partial charge in [0, 0.05) is 18.6 Å². The molecule has 0 aromatic carbocycles. The van der Waals surface area contributed by atoms with E-state index in [4.69, 9.17) is 20.7 Å². The van der Waals surface area contributed by atoms with Gasteiger partial charge in [-0.25, -0.2) is 0 Å². The third-order valence-electron chi connectivity index (χ3n) is 0.1000. The molecule has 45 valence electrons. The van der Waals surface area contributed by atoms with Gasteiger partial charge in [0.05, 0.1) is 13.2 Å². The van der Waals surface area contributed by atoms with Crippen LogP contribution >= 0.6 is 0 Å². The molecule has 4 nitrogen and oxygen atoms in total. The van der Waals surface area contributed by atoms with Crippen LogP contribution < -0.4 is 0 Å². The molecule has 0 aromatic rings. The predicted molar refractivity (Wildman–Crippen MR) is 19.4 cm³/mol. The molecular weight excluding hydrogens is 139 g/mol. The number of aliphatic hydroxyl groups excluding tert-OH is 2. The van der Waals surface area contributed by atoms with Crippen LogP contribution in [0.2, 0.25) is 0 Å². The molecule has 7 heavy (non-hydrogen) atoms. The van der Waals surface area contributed by atoms with Crippen molar-refractivity contribution in [1.29, 1.82) is 0 Å². The Labute approximate surface area is 53.2 Å². The van der Waals surface area contributed by atoms with Crippen LogP contribution in [-0.2, 0) is 18.6 Å². The fourth-order valence-electron chi connectivity index (χ4n) is 0. The van der Waals surface area contributed by atoms with Crippen molar-refractivity contribution >= 4 is 0 Å². The fourth-order valence-corrected chi connectivity index (χ4v) is 0. The minimum atomic E-state index is -0.125. The maximum absolute atomic E-state index is 7.62. The Morgan fingerprint density at radius 3 is 1.00 bits per heavy atom. The van der Waals surface area contributed by atoms with Crippen molar-refractivity contribution in [3.8, 4) is 0 Å². The van der Waals surface area contributed by atoms with Crippen LogP contribution in [0.5, 0.6) is 0 Å². The predicted octanol–water partition coefficient (Wildman–Crippen LogP) is -1.01. The smallest absolute Gasteiger partial charge is 0.0662 e. The summed E-state index contributed by atoms with van der Waals surface area (Å²) < 4.78 is 0. The summed E-state index contributed by atoms with van der Waals surface area (Å²) >= 11 is 0. The Kier molecular flexibility index (Phi) is 71.9. The summed E-state index contributed by atoms with van der Waals surface area (Å²) in [5, 5.41) is 27.2. The van der Waals surface area contributed by atoms with Crippen LogP contribution in [0.1, 0.15) is 0 Å². The van der Waals surface area contributed by atoms with Gasteiger partial charge in [-0.1, -0.05) is 0 Å². The van der Waals surface area contributed by atoms with Gasteiger partial charge in [0.2, 0.25) is 0 Å². The molecule has 0 aromatic heterocycles. The Bertz CT molecular complexity index is 11.7. The first kappa shape index (κ1) is 15.7. The topological polar surface area (TPSA) is 80.9 Å². The molecule has 0 spiro atoms. The standard InChI is InChI=1S/C2H6O2.H2O2.V/c3-1-2-4;1-2;/h3-4H,1-2H2;1-2H;. The van der Waals surface area contributed by atoms with Crippen molar-refractivity contribution in [3.05, 3.63) is 0 Å². The molecule has 0 bridgehead atoms. The Morgan fingerprint density at radius 1 is 0.857 bits per heavy atom. The first-order valence-electron chi connectivity index (χ1n) is 1.33. The van der Waals surface area contributed by atoms with Gasteiger partial charge < -0.3 is 10.2 Å². The van der Waals surface area contributed by atoms with Gasteiger partial charge in [-0.05, 0) is 0 Å². The quantitative estimate of drug-likeness (QED) is 0.283. The third-order valence-corrected chi connectivity index (χ3v) is 0.1000. The van der Waals surface area contributed by atoms with Crippen molar-refractivity contribution in [2.24, 2.45) is 0 Å². The van der Waals surface area contributed by atoms with E-state index in [2.05, 4.69) is 0 Å². The van der Waals surface area contributed by atoms with E-state index < -0.39 is 0 Å². The van der Waals surface area contributed by atoms with Gasteiger partial charge in [0.1, 0.15) is 0 Å². The summed E-state index contributed by atoms with van der Waals surface area (Å²) in [5.41, 5.74) is 0. The van der Waals surface area contributed by atoms with Crippen molar-refractivity contribution in [3.63, 3.8) is 0 Å². The maximum atomic E-state index is 7.62. The summed E-state index contributed by atoms with van der Waals surface area (Å²) in [6, 6.07) is 0. The zero-order valence-electron chi connectivity index (χ0n) is 3.65. The second-order valence-electron chi connectivity index (χ2n) is 0.447. The van der Waals surface area contributed by atoms with Gasteiger partial charge >= 0.3 is 0 Å². The van der Waals surface area contributed by atoms with E-state index in [1.54, 1.807) is 0 Å². The van der Waals surface area contributed by atoms with Gasteiger partial charge in [0.25, 0.3) is 0 Å². The number of rotatable bonds is 1. The fraction of sp³-hybridized carbons (Fsp3) is 1.00. The average molecular weight is 147 g/mol. The van der Waals surface area contributed by atoms with E-state index >= 15 is 0 Å². The number of hydrogen-bond donors (Lipinski definition) is 4. The van der Waals surface area contributed by atoms with Crippen LogP contribution in [0.25, 0.3) is 0 Å². The third kappa shape index (κ3) is 62.0. The Hall–Kier alpha value is 0.424. The first-order valence-corrected chi connectivity index (χ1v) is 1.33. The summed E-state index contributed by atoms with van der Waals surface area (Å²) in [7, 11) is 0. The molecule has 0 atom stereocenters. The van der Waals surface area contributed by atoms with Crippen LogP contribution in [0.15, 0.2) is 0 Å². The molecule has 4 N–H and O–H groups in total. The molecule has 0 aliphatic carbocycles. The largest absolute Gasteiger partial charge is 0.394 e. The molecule has 0 aliphatic rings. The summed E-state index contributed by atoms with van der Waals surface area (Å²) in [5.74, 6) is 0. The zero-order chi connectivity index (χ0) is 5.41. The molecule has 1 radical (unpaired) electrons. The monoisotopic (exact) mass is 147 g/mol. The maximum Gasteiger partial charge on any atom is 0.0662 e. The molecular formula is C2H8O4V. The minimum Gasteiger partial charge on any atom is -0.394 e. The molecule has 0 amide bonds. The van der Waals surface area contributed by atoms with E-state index in [1.165, 1.54) is 0 Å². The van der Waals surface area contributed by atoms with Gasteiger partial charge in [-0.3, -0.25) is 10.5 Å². The Balaban J connectivity index is -0.0000000480. The molecule has 0 rings (SSSR count). The molecule has 0 heterocycles. The normalized spacial score (nSPS) is 5.14. The van der Waals surface area contributed by atoms with E-state index in [0.29, 0.717) is 0 Å². The summed E-state index contributed by atoms with van der Waals surface area (Å²) in [6.07, 6.45) is 0. The van der Waals surface area contributed by atoms with E-state index in [9.17, 15) is 0 Å². The summed E-state index contributed by atoms with van der Waals surface area (Å²) in [4.78, 5) is 0. The van der Waals surface area contributed by atoms with E-state index in [-0.39, 0.29) is 31.8 Å². The number of hydrogen-bond acceptors (Lipinski definition) is 4. The van der Waals surface area contributed by atoms with Gasteiger partial charge in [-0.15, -0.1) is 0 Å². The van der Waals surface area contributed by atoms with Crippen molar-refractivity contribution < 1.29 is 39.3 Å². The van der Waals surface area contributed by atoms with Gasteiger partial charge in [0.15, 0.2) is 0 Å². The van der Waals surface area contributed by atoms with Crippen LogP contribution in [0, 0.1) is 0 Å². The second-order valence-corrected chi connectivity index (χ2v) is 0.447. The first-order chi connectivity index (χ1) is 2.91. The molecule has 0 saturated heterocycles.